The van der Waals surface area contributed by atoms with Crippen molar-refractivity contribution in [3.8, 4) is 67.8 Å². The molecule has 108 heavy (non-hydrogen) atoms. The number of rotatable bonds is 7. The quantitative estimate of drug-likeness (QED) is 0.149. The van der Waals surface area contributed by atoms with Crippen molar-refractivity contribution in [3.05, 3.63) is 340 Å². The van der Waals surface area contributed by atoms with Crippen LogP contribution in [0.1, 0.15) is 0 Å². The van der Waals surface area contributed by atoms with Crippen molar-refractivity contribution in [2.24, 2.45) is 0 Å². The van der Waals surface area contributed by atoms with Crippen LogP contribution in [-0.2, 0) is 0 Å². The van der Waals surface area contributed by atoms with Gasteiger partial charge in [-0.25, -0.2) is 19.9 Å². The highest BCUT2D eigenvalue weighted by molar-refractivity contribution is 6.38. The number of fused-ring (bicyclic) bond motifs is 26. The number of benzene rings is 17. The summed E-state index contributed by atoms with van der Waals surface area (Å²) in [5.74, 6) is 2.12. The van der Waals surface area contributed by atoms with Crippen LogP contribution < -0.4 is 0 Å². The van der Waals surface area contributed by atoms with Crippen LogP contribution in [0.3, 0.4) is 0 Å². The van der Waals surface area contributed by atoms with Crippen LogP contribution in [0, 0.1) is 0 Å². The zero-order valence-corrected chi connectivity index (χ0v) is 57.9. The summed E-state index contributed by atoms with van der Waals surface area (Å²) in [5.41, 5.74) is 23.0. The van der Waals surface area contributed by atoms with Crippen LogP contribution in [0.2, 0.25) is 0 Å². The van der Waals surface area contributed by atoms with Gasteiger partial charge in [0.25, 0.3) is 0 Å². The van der Waals surface area contributed by atoms with Crippen molar-refractivity contribution >= 4 is 174 Å². The molecule has 0 unspecified atom stereocenters. The molecule has 0 radical (unpaired) electrons. The minimum absolute atomic E-state index is 0.618. The smallest absolute Gasteiger partial charge is 0.235 e. The average Bonchev–Trinajstić information content (AvgIpc) is 1.51. The van der Waals surface area contributed by atoms with Gasteiger partial charge in [-0.15, -0.1) is 0 Å². The Kier molecular flexibility index (Phi) is 11.5. The van der Waals surface area contributed by atoms with E-state index in [0.29, 0.717) is 11.8 Å². The third kappa shape index (κ3) is 7.85. The highest BCUT2D eigenvalue weighted by Crippen LogP contribution is 2.52. The van der Waals surface area contributed by atoms with Crippen LogP contribution in [0.5, 0.6) is 0 Å². The second-order valence-electron chi connectivity index (χ2n) is 29.1. The molecule has 8 aromatic heterocycles. The molecule has 0 saturated heterocycles. The van der Waals surface area contributed by atoms with Gasteiger partial charge in [0.1, 0.15) is 5.82 Å². The highest BCUT2D eigenvalue weighted by atomic mass is 15.2. The van der Waals surface area contributed by atoms with E-state index in [1.165, 1.54) is 120 Å². The molecule has 0 atom stereocenters. The van der Waals surface area contributed by atoms with E-state index in [1.54, 1.807) is 0 Å². The molecule has 0 amide bonds. The first kappa shape index (κ1) is 57.9. The zero-order valence-electron chi connectivity index (χ0n) is 57.9. The SMILES string of the molecule is c1ccc(-c2ccc3c(c2)c2cc4c(c5ccccc5n4-c4nc(-c5cc6cccc(-c7ccc8c(c7)c7c9c%10ccccc%10n%10c%11ccc(-c%12ccccc%12)cc%11c(cc7n8-c7nc(-c8ccc%11ccccc%11c8)nc8ccccc78)c9%10)c6c6ccccc56)c5ccccc5n4)c4c5ccccc5n3c24)cc1. The lowest BCUT2D eigenvalue weighted by molar-refractivity contribution is 1.01. The molecule has 0 saturated carbocycles. The Labute approximate surface area is 615 Å². The normalized spacial score (nSPS) is 12.4. The topological polar surface area (TPSA) is 70.2 Å². The third-order valence-electron chi connectivity index (χ3n) is 23.5. The maximum atomic E-state index is 5.92. The summed E-state index contributed by atoms with van der Waals surface area (Å²) in [6.07, 6.45) is 0. The molecule has 25 aromatic rings. The van der Waals surface area contributed by atoms with Crippen LogP contribution >= 0.6 is 0 Å². The van der Waals surface area contributed by atoms with Crippen LogP contribution in [0.4, 0.5) is 0 Å². The number of hydrogen-bond donors (Lipinski definition) is 0. The van der Waals surface area contributed by atoms with Gasteiger partial charge in [0.05, 0.1) is 71.9 Å². The van der Waals surface area contributed by atoms with Gasteiger partial charge in [-0.05, 0) is 163 Å². The first-order chi connectivity index (χ1) is 53.6. The maximum absolute atomic E-state index is 5.92. The molecule has 496 valence electrons. The molecule has 0 aliphatic carbocycles. The van der Waals surface area contributed by atoms with E-state index in [0.717, 1.165) is 110 Å². The molecule has 0 aliphatic heterocycles. The summed E-state index contributed by atoms with van der Waals surface area (Å²) in [6, 6.07) is 125. The van der Waals surface area contributed by atoms with Gasteiger partial charge < -0.3 is 8.80 Å². The number of para-hydroxylation sites is 5. The Morgan fingerprint density at radius 3 is 1.36 bits per heavy atom. The Bertz CT molecular complexity index is 8240. The van der Waals surface area contributed by atoms with Crippen LogP contribution in [0.25, 0.3) is 242 Å². The van der Waals surface area contributed by atoms with E-state index in [4.69, 9.17) is 19.9 Å². The summed E-state index contributed by atoms with van der Waals surface area (Å²) >= 11 is 0. The molecule has 8 heteroatoms. The van der Waals surface area contributed by atoms with Crippen molar-refractivity contribution in [3.63, 3.8) is 0 Å². The van der Waals surface area contributed by atoms with Crippen LogP contribution in [-0.4, -0.2) is 37.9 Å². The second-order valence-corrected chi connectivity index (χ2v) is 29.1. The molecule has 0 aliphatic rings. The van der Waals surface area contributed by atoms with Gasteiger partial charge >= 0.3 is 0 Å². The van der Waals surface area contributed by atoms with Gasteiger partial charge in [-0.3, -0.25) is 9.13 Å². The van der Waals surface area contributed by atoms with Gasteiger partial charge in [-0.1, -0.05) is 243 Å². The van der Waals surface area contributed by atoms with Gasteiger partial charge in [0.2, 0.25) is 5.95 Å². The molecular formula is C100H56N8. The lowest BCUT2D eigenvalue weighted by atomic mass is 9.89. The summed E-state index contributed by atoms with van der Waals surface area (Å²) in [5, 5.41) is 23.1. The Balaban J connectivity index is 0.732. The number of nitrogens with zero attached hydrogens (tertiary/aromatic N) is 8. The first-order valence-electron chi connectivity index (χ1n) is 37.0. The van der Waals surface area contributed by atoms with Gasteiger partial charge in [0, 0.05) is 86.5 Å². The maximum Gasteiger partial charge on any atom is 0.235 e. The highest BCUT2D eigenvalue weighted by Gasteiger charge is 2.30. The van der Waals surface area contributed by atoms with E-state index in [-0.39, 0.29) is 0 Å². The minimum atomic E-state index is 0.618. The summed E-state index contributed by atoms with van der Waals surface area (Å²) < 4.78 is 9.79. The summed E-state index contributed by atoms with van der Waals surface area (Å²) in [7, 11) is 0. The minimum Gasteiger partial charge on any atom is -0.308 e. The number of aromatic nitrogens is 8. The standard InChI is InChI=1S/C100H56N8/c1-3-22-57(23-4-1)61-44-47-85-74(51-61)77-55-88-92(94-73-35-15-19-40-83(73)106(85)97(77)94)79-53-63(46-49-87(79)107(88)99-70-32-12-17-38-81(70)101-98(104-99)65-43-42-59-26-7-8-27-60(59)50-65)66-36-21-28-64-54-76(67-29-9-10-30-68(67)90(64)66)95-69-31-11-16-37-80(69)102-100(103-95)108-84-41-20-13-33-71(84)91-89(108)56-78-75-52-62(58-24-5-2-6-25-58)45-48-86(75)105-82-39-18-14-34-72(82)93(91)96(78)105/h1-56H. The lowest BCUT2D eigenvalue weighted by Crippen LogP contribution is -2.03. The fraction of sp³-hybridized carbons (Fsp3) is 0. The van der Waals surface area contributed by atoms with Crippen LogP contribution in [0.15, 0.2) is 340 Å². The monoisotopic (exact) mass is 1370 g/mol. The summed E-state index contributed by atoms with van der Waals surface area (Å²) in [4.78, 5) is 22.6. The Morgan fingerprint density at radius 1 is 0.204 bits per heavy atom. The zero-order chi connectivity index (χ0) is 70.1. The lowest BCUT2D eigenvalue weighted by Gasteiger charge is -2.17. The predicted octanol–water partition coefficient (Wildman–Crippen LogP) is 25.9. The van der Waals surface area contributed by atoms with E-state index in [9.17, 15) is 0 Å². The molecule has 17 aromatic carbocycles. The van der Waals surface area contributed by atoms with Gasteiger partial charge in [0.15, 0.2) is 5.82 Å². The Morgan fingerprint density at radius 2 is 0.685 bits per heavy atom. The molecule has 0 N–H and O–H groups in total. The molecule has 0 spiro atoms. The molecule has 8 nitrogen and oxygen atoms in total. The molecule has 25 rings (SSSR count). The molecular weight excluding hydrogens is 1310 g/mol. The predicted molar refractivity (Wildman–Crippen MR) is 450 cm³/mol. The van der Waals surface area contributed by atoms with Gasteiger partial charge in [-0.2, -0.15) is 0 Å². The van der Waals surface area contributed by atoms with Crippen molar-refractivity contribution in [2.45, 2.75) is 0 Å². The van der Waals surface area contributed by atoms with Crippen molar-refractivity contribution < 1.29 is 0 Å². The molecule has 0 bridgehead atoms. The fourth-order valence-corrected chi connectivity index (χ4v) is 19.0. The third-order valence-corrected chi connectivity index (χ3v) is 23.5. The molecule has 8 heterocycles. The average molecular weight is 1370 g/mol. The van der Waals surface area contributed by atoms with Crippen molar-refractivity contribution in [1.29, 1.82) is 0 Å². The van der Waals surface area contributed by atoms with Crippen molar-refractivity contribution in [1.82, 2.24) is 37.9 Å². The van der Waals surface area contributed by atoms with E-state index < -0.39 is 0 Å². The fourth-order valence-electron chi connectivity index (χ4n) is 19.0. The van der Waals surface area contributed by atoms with E-state index in [1.807, 2.05) is 0 Å². The largest absolute Gasteiger partial charge is 0.308 e. The number of hydrogen-bond acceptors (Lipinski definition) is 4. The molecule has 0 fully saturated rings. The van der Waals surface area contributed by atoms with E-state index in [2.05, 4.69) is 358 Å². The summed E-state index contributed by atoms with van der Waals surface area (Å²) in [6.45, 7) is 0. The van der Waals surface area contributed by atoms with E-state index >= 15 is 0 Å². The second kappa shape index (κ2) is 21.5. The first-order valence-corrected chi connectivity index (χ1v) is 37.0. The Hall–Kier alpha value is -14.6. The van der Waals surface area contributed by atoms with Crippen molar-refractivity contribution in [2.75, 3.05) is 0 Å².